The standard InChI is InChI=1S/C19H25NO5/c1-12-4-5-13(2)17(14(12)3)25-9-16(21)20-8-15-6-7-24-11-19(15,10-20)18(22)23/h4-5,15H,6-11H2,1-3H3,(H,22,23)/t15-,19+/m0/s1. The molecular formula is C19H25NO5. The first kappa shape index (κ1) is 17.7. The van der Waals surface area contributed by atoms with Crippen molar-refractivity contribution in [2.75, 3.05) is 32.9 Å². The SMILES string of the molecule is Cc1ccc(C)c(OCC(=O)N2C[C@@H]3CCOC[C@]3(C(=O)O)C2)c1C. The molecule has 0 aromatic heterocycles. The number of fused-ring (bicyclic) bond motifs is 1. The van der Waals surface area contributed by atoms with Crippen molar-refractivity contribution >= 4 is 11.9 Å². The van der Waals surface area contributed by atoms with Crippen LogP contribution in [0, 0.1) is 32.1 Å². The lowest BCUT2D eigenvalue weighted by Crippen LogP contribution is -2.46. The van der Waals surface area contributed by atoms with E-state index in [0.717, 1.165) is 22.4 Å². The predicted molar refractivity (Wildman–Crippen MR) is 91.7 cm³/mol. The van der Waals surface area contributed by atoms with Gasteiger partial charge in [-0.15, -0.1) is 0 Å². The lowest BCUT2D eigenvalue weighted by atomic mass is 9.76. The van der Waals surface area contributed by atoms with E-state index in [1.54, 1.807) is 4.90 Å². The summed E-state index contributed by atoms with van der Waals surface area (Å²) in [6, 6.07) is 4.00. The number of ether oxygens (including phenoxy) is 2. The summed E-state index contributed by atoms with van der Waals surface area (Å²) in [4.78, 5) is 26.0. The highest BCUT2D eigenvalue weighted by atomic mass is 16.5. The largest absolute Gasteiger partial charge is 0.483 e. The number of nitrogens with zero attached hydrogens (tertiary/aromatic N) is 1. The van der Waals surface area contributed by atoms with Crippen LogP contribution in [0.2, 0.25) is 0 Å². The van der Waals surface area contributed by atoms with E-state index in [2.05, 4.69) is 0 Å². The Balaban J connectivity index is 1.69. The fraction of sp³-hybridized carbons (Fsp3) is 0.579. The maximum atomic E-state index is 12.6. The number of hydrogen-bond acceptors (Lipinski definition) is 4. The molecule has 1 N–H and O–H groups in total. The fourth-order valence-electron chi connectivity index (χ4n) is 3.85. The fourth-order valence-corrected chi connectivity index (χ4v) is 3.85. The second-order valence-electron chi connectivity index (χ2n) is 7.22. The van der Waals surface area contributed by atoms with Crippen molar-refractivity contribution < 1.29 is 24.2 Å². The Labute approximate surface area is 147 Å². The Morgan fingerprint density at radius 3 is 2.72 bits per heavy atom. The van der Waals surface area contributed by atoms with Crippen molar-refractivity contribution in [1.29, 1.82) is 0 Å². The summed E-state index contributed by atoms with van der Waals surface area (Å²) in [6.45, 7) is 7.24. The Kier molecular flexibility index (Phi) is 4.73. The van der Waals surface area contributed by atoms with Gasteiger partial charge in [0.25, 0.3) is 5.91 Å². The number of rotatable bonds is 4. The van der Waals surface area contributed by atoms with Gasteiger partial charge in [-0.3, -0.25) is 9.59 Å². The van der Waals surface area contributed by atoms with Crippen LogP contribution in [0.5, 0.6) is 5.75 Å². The molecule has 1 aromatic carbocycles. The van der Waals surface area contributed by atoms with Gasteiger partial charge in [0.15, 0.2) is 6.61 Å². The van der Waals surface area contributed by atoms with Gasteiger partial charge in [-0.1, -0.05) is 12.1 Å². The van der Waals surface area contributed by atoms with Gasteiger partial charge in [0.1, 0.15) is 11.2 Å². The first-order chi connectivity index (χ1) is 11.8. The molecule has 0 spiro atoms. The zero-order chi connectivity index (χ0) is 18.2. The summed E-state index contributed by atoms with van der Waals surface area (Å²) in [5, 5.41) is 9.66. The van der Waals surface area contributed by atoms with Gasteiger partial charge in [0.05, 0.1) is 6.61 Å². The van der Waals surface area contributed by atoms with Crippen LogP contribution >= 0.6 is 0 Å². The number of carbonyl (C=O) groups excluding carboxylic acids is 1. The molecule has 2 fully saturated rings. The molecule has 2 aliphatic rings. The van der Waals surface area contributed by atoms with E-state index >= 15 is 0 Å². The van der Waals surface area contributed by atoms with Crippen LogP contribution in [0.4, 0.5) is 0 Å². The summed E-state index contributed by atoms with van der Waals surface area (Å²) in [7, 11) is 0. The van der Waals surface area contributed by atoms with Crippen LogP contribution in [0.25, 0.3) is 0 Å². The first-order valence-electron chi connectivity index (χ1n) is 8.63. The Bertz CT molecular complexity index is 701. The zero-order valence-corrected chi connectivity index (χ0v) is 15.0. The highest BCUT2D eigenvalue weighted by Gasteiger charge is 2.55. The molecule has 2 saturated heterocycles. The van der Waals surface area contributed by atoms with Crippen molar-refractivity contribution in [3.63, 3.8) is 0 Å². The summed E-state index contributed by atoms with van der Waals surface area (Å²) < 4.78 is 11.2. The van der Waals surface area contributed by atoms with Gasteiger partial charge in [-0.25, -0.2) is 0 Å². The number of carboxylic acids is 1. The molecule has 6 nitrogen and oxygen atoms in total. The Morgan fingerprint density at radius 2 is 2.04 bits per heavy atom. The van der Waals surface area contributed by atoms with Crippen molar-refractivity contribution in [2.45, 2.75) is 27.2 Å². The molecule has 3 rings (SSSR count). The van der Waals surface area contributed by atoms with Crippen LogP contribution < -0.4 is 4.74 Å². The normalized spacial score (nSPS) is 25.6. The topological polar surface area (TPSA) is 76.1 Å². The first-order valence-corrected chi connectivity index (χ1v) is 8.63. The van der Waals surface area contributed by atoms with E-state index in [1.165, 1.54) is 0 Å². The Morgan fingerprint density at radius 1 is 1.32 bits per heavy atom. The monoisotopic (exact) mass is 347 g/mol. The number of carboxylic acid groups (broad SMARTS) is 1. The van der Waals surface area contributed by atoms with Crippen LogP contribution in [0.1, 0.15) is 23.1 Å². The van der Waals surface area contributed by atoms with Crippen LogP contribution in [0.15, 0.2) is 12.1 Å². The van der Waals surface area contributed by atoms with Crippen molar-refractivity contribution in [3.8, 4) is 5.75 Å². The molecule has 25 heavy (non-hydrogen) atoms. The van der Waals surface area contributed by atoms with Crippen molar-refractivity contribution in [2.24, 2.45) is 11.3 Å². The number of carbonyl (C=O) groups is 2. The molecule has 2 aliphatic heterocycles. The highest BCUT2D eigenvalue weighted by molar-refractivity contribution is 5.82. The number of likely N-dealkylation sites (tertiary alicyclic amines) is 1. The molecule has 6 heteroatoms. The van der Waals surface area contributed by atoms with E-state index in [-0.39, 0.29) is 31.6 Å². The summed E-state index contributed by atoms with van der Waals surface area (Å²) in [5.41, 5.74) is 2.16. The van der Waals surface area contributed by atoms with Crippen LogP contribution in [0.3, 0.4) is 0 Å². The molecule has 2 atom stereocenters. The van der Waals surface area contributed by atoms with Crippen LogP contribution in [-0.4, -0.2) is 54.8 Å². The number of amides is 1. The quantitative estimate of drug-likeness (QED) is 0.901. The minimum absolute atomic E-state index is 0.0508. The molecule has 0 radical (unpaired) electrons. The lowest BCUT2D eigenvalue weighted by molar-refractivity contribution is -0.160. The molecule has 0 saturated carbocycles. The average Bonchev–Trinajstić information content (AvgIpc) is 2.99. The molecule has 136 valence electrons. The van der Waals surface area contributed by atoms with Crippen molar-refractivity contribution in [3.05, 3.63) is 28.8 Å². The third-order valence-electron chi connectivity index (χ3n) is 5.66. The number of hydrogen-bond donors (Lipinski definition) is 1. The molecule has 0 bridgehead atoms. The average molecular weight is 347 g/mol. The zero-order valence-electron chi connectivity index (χ0n) is 15.0. The predicted octanol–water partition coefficient (Wildman–Crippen LogP) is 1.94. The number of benzene rings is 1. The van der Waals surface area contributed by atoms with Gasteiger partial charge in [-0.05, 0) is 49.8 Å². The van der Waals surface area contributed by atoms with Gasteiger partial charge < -0.3 is 19.5 Å². The molecule has 0 aliphatic carbocycles. The van der Waals surface area contributed by atoms with Crippen LogP contribution in [-0.2, 0) is 14.3 Å². The lowest BCUT2D eigenvalue weighted by Gasteiger charge is -2.33. The third kappa shape index (κ3) is 3.11. The molecule has 0 unspecified atom stereocenters. The molecule has 1 amide bonds. The molecule has 1 aromatic rings. The van der Waals surface area contributed by atoms with Gasteiger partial charge in [-0.2, -0.15) is 0 Å². The smallest absolute Gasteiger partial charge is 0.314 e. The van der Waals surface area contributed by atoms with Crippen molar-refractivity contribution in [1.82, 2.24) is 4.90 Å². The number of aliphatic carboxylic acids is 1. The summed E-state index contributed by atoms with van der Waals surface area (Å²) in [5.74, 6) is -0.361. The maximum Gasteiger partial charge on any atom is 0.314 e. The van der Waals surface area contributed by atoms with E-state index in [1.807, 2.05) is 32.9 Å². The minimum atomic E-state index is -0.969. The van der Waals surface area contributed by atoms with E-state index in [4.69, 9.17) is 9.47 Å². The van der Waals surface area contributed by atoms with E-state index < -0.39 is 11.4 Å². The molecule has 2 heterocycles. The van der Waals surface area contributed by atoms with E-state index in [9.17, 15) is 14.7 Å². The van der Waals surface area contributed by atoms with Gasteiger partial charge >= 0.3 is 5.97 Å². The molecular weight excluding hydrogens is 322 g/mol. The second kappa shape index (κ2) is 6.67. The van der Waals surface area contributed by atoms with Gasteiger partial charge in [0.2, 0.25) is 0 Å². The Hall–Kier alpha value is -2.08. The third-order valence-corrected chi connectivity index (χ3v) is 5.66. The van der Waals surface area contributed by atoms with E-state index in [0.29, 0.717) is 19.6 Å². The highest BCUT2D eigenvalue weighted by Crippen LogP contribution is 2.41. The summed E-state index contributed by atoms with van der Waals surface area (Å²) >= 11 is 0. The minimum Gasteiger partial charge on any atom is -0.483 e. The van der Waals surface area contributed by atoms with Gasteiger partial charge in [0, 0.05) is 19.7 Å². The second-order valence-corrected chi connectivity index (χ2v) is 7.22. The summed E-state index contributed by atoms with van der Waals surface area (Å²) in [6.07, 6.45) is 0.674. The maximum absolute atomic E-state index is 12.6. The number of aryl methyl sites for hydroxylation is 2.